The second kappa shape index (κ2) is 8.12. The maximum Gasteiger partial charge on any atom is 0.220 e. The van der Waals surface area contributed by atoms with Crippen molar-refractivity contribution < 1.29 is 14.6 Å². The second-order valence-electron chi connectivity index (χ2n) is 5.63. The smallest absolute Gasteiger partial charge is 0.220 e. The Hall–Kier alpha value is -1.43. The van der Waals surface area contributed by atoms with Gasteiger partial charge in [-0.1, -0.05) is 30.3 Å². The molecule has 1 amide bonds. The van der Waals surface area contributed by atoms with Crippen molar-refractivity contribution in [2.45, 2.75) is 25.6 Å². The summed E-state index contributed by atoms with van der Waals surface area (Å²) in [4.78, 5) is 13.3. The number of β-amino-alcohol motifs (C(OH)–C–C–N with tert-alkyl or cyclic N) is 1. The van der Waals surface area contributed by atoms with E-state index in [1.165, 1.54) is 0 Å². The number of likely N-dealkylation sites (tertiary alicyclic amines) is 1. The molecule has 5 nitrogen and oxygen atoms in total. The van der Waals surface area contributed by atoms with Gasteiger partial charge in [-0.05, 0) is 31.5 Å². The number of ether oxygens (including phenoxy) is 1. The third-order valence-electron chi connectivity index (χ3n) is 3.88. The molecule has 0 bridgehead atoms. The van der Waals surface area contributed by atoms with Gasteiger partial charge in [0.15, 0.2) is 0 Å². The number of carbonyl (C=O) groups is 1. The van der Waals surface area contributed by atoms with Crippen molar-refractivity contribution in [3.8, 4) is 0 Å². The van der Waals surface area contributed by atoms with Crippen LogP contribution in [0.4, 0.5) is 0 Å². The van der Waals surface area contributed by atoms with Crippen LogP contribution < -0.4 is 5.73 Å². The van der Waals surface area contributed by atoms with Gasteiger partial charge < -0.3 is 20.5 Å². The van der Waals surface area contributed by atoms with Crippen molar-refractivity contribution in [3.05, 3.63) is 35.9 Å². The SMILES string of the molecule is NC(=O)C1CCN(CC(O)COCc2ccccc2)CC1. The van der Waals surface area contributed by atoms with Gasteiger partial charge in [-0.2, -0.15) is 0 Å². The monoisotopic (exact) mass is 292 g/mol. The van der Waals surface area contributed by atoms with Gasteiger partial charge in [-0.3, -0.25) is 4.79 Å². The molecule has 0 aliphatic carbocycles. The number of amides is 1. The number of nitrogens with zero attached hydrogens (tertiary/aromatic N) is 1. The van der Waals surface area contributed by atoms with Gasteiger partial charge in [0.25, 0.3) is 0 Å². The highest BCUT2D eigenvalue weighted by Gasteiger charge is 2.24. The molecule has 1 fully saturated rings. The Morgan fingerprint density at radius 1 is 1.33 bits per heavy atom. The summed E-state index contributed by atoms with van der Waals surface area (Å²) in [6, 6.07) is 9.91. The molecule has 2 rings (SSSR count). The first-order chi connectivity index (χ1) is 10.1. The Kier molecular flexibility index (Phi) is 6.17. The van der Waals surface area contributed by atoms with Crippen LogP contribution in [-0.4, -0.2) is 48.3 Å². The van der Waals surface area contributed by atoms with E-state index in [9.17, 15) is 9.90 Å². The minimum atomic E-state index is -0.501. The number of carbonyl (C=O) groups excluding carboxylic acids is 1. The normalized spacial score (nSPS) is 18.5. The summed E-state index contributed by atoms with van der Waals surface area (Å²) < 4.78 is 5.53. The molecular weight excluding hydrogens is 268 g/mol. The zero-order valence-corrected chi connectivity index (χ0v) is 12.3. The molecule has 0 aromatic heterocycles. The zero-order valence-electron chi connectivity index (χ0n) is 12.3. The third-order valence-corrected chi connectivity index (χ3v) is 3.88. The first kappa shape index (κ1) is 15.9. The van der Waals surface area contributed by atoms with Crippen molar-refractivity contribution >= 4 is 5.91 Å². The van der Waals surface area contributed by atoms with Crippen molar-refractivity contribution in [1.29, 1.82) is 0 Å². The number of hydrogen-bond acceptors (Lipinski definition) is 4. The van der Waals surface area contributed by atoms with E-state index in [2.05, 4.69) is 4.90 Å². The molecule has 1 heterocycles. The average Bonchev–Trinajstić information content (AvgIpc) is 2.49. The lowest BCUT2D eigenvalue weighted by molar-refractivity contribution is -0.123. The van der Waals surface area contributed by atoms with E-state index in [0.717, 1.165) is 31.5 Å². The molecule has 1 aliphatic rings. The average molecular weight is 292 g/mol. The highest BCUT2D eigenvalue weighted by atomic mass is 16.5. The first-order valence-electron chi connectivity index (χ1n) is 7.46. The van der Waals surface area contributed by atoms with E-state index in [4.69, 9.17) is 10.5 Å². The van der Waals surface area contributed by atoms with Crippen molar-refractivity contribution in [1.82, 2.24) is 4.90 Å². The van der Waals surface area contributed by atoms with Gasteiger partial charge >= 0.3 is 0 Å². The Labute approximate surface area is 125 Å². The highest BCUT2D eigenvalue weighted by molar-refractivity contribution is 5.76. The molecule has 21 heavy (non-hydrogen) atoms. The van der Waals surface area contributed by atoms with Crippen LogP contribution in [0.5, 0.6) is 0 Å². The molecule has 1 aromatic rings. The van der Waals surface area contributed by atoms with Crippen LogP contribution in [0.3, 0.4) is 0 Å². The summed E-state index contributed by atoms with van der Waals surface area (Å²) >= 11 is 0. The number of nitrogens with two attached hydrogens (primary N) is 1. The molecule has 0 radical (unpaired) electrons. The molecule has 1 aliphatic heterocycles. The molecule has 1 saturated heterocycles. The number of benzene rings is 1. The number of aliphatic hydroxyl groups is 1. The van der Waals surface area contributed by atoms with E-state index in [-0.39, 0.29) is 11.8 Å². The van der Waals surface area contributed by atoms with Crippen LogP contribution in [0, 0.1) is 5.92 Å². The summed E-state index contributed by atoms with van der Waals surface area (Å²) in [5, 5.41) is 10.00. The van der Waals surface area contributed by atoms with E-state index < -0.39 is 6.10 Å². The van der Waals surface area contributed by atoms with Gasteiger partial charge in [0.05, 0.1) is 19.3 Å². The minimum absolute atomic E-state index is 0.00674. The maximum absolute atomic E-state index is 11.1. The summed E-state index contributed by atoms with van der Waals surface area (Å²) in [6.07, 6.45) is 1.07. The lowest BCUT2D eigenvalue weighted by Crippen LogP contribution is -2.42. The Balaban J connectivity index is 1.62. The maximum atomic E-state index is 11.1. The molecule has 0 spiro atoms. The number of rotatable bonds is 7. The number of primary amides is 1. The third kappa shape index (κ3) is 5.46. The lowest BCUT2D eigenvalue weighted by atomic mass is 9.96. The van der Waals surface area contributed by atoms with Crippen molar-refractivity contribution in [2.24, 2.45) is 11.7 Å². The molecule has 116 valence electrons. The van der Waals surface area contributed by atoms with E-state index >= 15 is 0 Å². The van der Waals surface area contributed by atoms with E-state index in [1.807, 2.05) is 30.3 Å². The minimum Gasteiger partial charge on any atom is -0.389 e. The van der Waals surface area contributed by atoms with Gasteiger partial charge in [0.1, 0.15) is 0 Å². The van der Waals surface area contributed by atoms with E-state index in [1.54, 1.807) is 0 Å². The summed E-state index contributed by atoms with van der Waals surface area (Å²) in [5.74, 6) is -0.214. The van der Waals surface area contributed by atoms with Gasteiger partial charge in [0.2, 0.25) is 5.91 Å². The van der Waals surface area contributed by atoms with Gasteiger partial charge in [0, 0.05) is 12.5 Å². The molecule has 1 unspecified atom stereocenters. The van der Waals surface area contributed by atoms with Crippen LogP contribution in [0.25, 0.3) is 0 Å². The van der Waals surface area contributed by atoms with E-state index in [0.29, 0.717) is 19.8 Å². The highest BCUT2D eigenvalue weighted by Crippen LogP contribution is 2.16. The molecule has 1 aromatic carbocycles. The second-order valence-corrected chi connectivity index (χ2v) is 5.63. The van der Waals surface area contributed by atoms with Crippen molar-refractivity contribution in [3.63, 3.8) is 0 Å². The molecule has 3 N–H and O–H groups in total. The lowest BCUT2D eigenvalue weighted by Gasteiger charge is -2.31. The predicted octanol–water partition coefficient (Wildman–Crippen LogP) is 0.761. The summed E-state index contributed by atoms with van der Waals surface area (Å²) in [5.41, 5.74) is 6.41. The zero-order chi connectivity index (χ0) is 15.1. The fourth-order valence-electron chi connectivity index (χ4n) is 2.64. The van der Waals surface area contributed by atoms with Crippen molar-refractivity contribution in [2.75, 3.05) is 26.2 Å². The predicted molar refractivity (Wildman–Crippen MR) is 80.5 cm³/mol. The standard InChI is InChI=1S/C16H24N2O3/c17-16(20)14-6-8-18(9-7-14)10-15(19)12-21-11-13-4-2-1-3-5-13/h1-5,14-15,19H,6-12H2,(H2,17,20). The number of aliphatic hydroxyl groups excluding tert-OH is 1. The van der Waals surface area contributed by atoms with Crippen LogP contribution in [0.1, 0.15) is 18.4 Å². The van der Waals surface area contributed by atoms with Crippen LogP contribution >= 0.6 is 0 Å². The topological polar surface area (TPSA) is 75.8 Å². The van der Waals surface area contributed by atoms with Gasteiger partial charge in [-0.15, -0.1) is 0 Å². The van der Waals surface area contributed by atoms with Crippen LogP contribution in [-0.2, 0) is 16.1 Å². The van der Waals surface area contributed by atoms with Crippen LogP contribution in [0.15, 0.2) is 30.3 Å². The molecule has 1 atom stereocenters. The Morgan fingerprint density at radius 2 is 2.00 bits per heavy atom. The number of hydrogen-bond donors (Lipinski definition) is 2. The summed E-state index contributed by atoms with van der Waals surface area (Å²) in [7, 11) is 0. The first-order valence-corrected chi connectivity index (χ1v) is 7.46. The molecular formula is C16H24N2O3. The fraction of sp³-hybridized carbons (Fsp3) is 0.562. The van der Waals surface area contributed by atoms with Crippen LogP contribution in [0.2, 0.25) is 0 Å². The van der Waals surface area contributed by atoms with Gasteiger partial charge in [-0.25, -0.2) is 0 Å². The largest absolute Gasteiger partial charge is 0.389 e. The number of piperidine rings is 1. The molecule has 0 saturated carbocycles. The molecule has 5 heteroatoms. The quantitative estimate of drug-likeness (QED) is 0.778. The fourth-order valence-corrected chi connectivity index (χ4v) is 2.64. The Bertz CT molecular complexity index is 430. The Morgan fingerprint density at radius 3 is 2.62 bits per heavy atom. The summed E-state index contributed by atoms with van der Waals surface area (Å²) in [6.45, 7) is 3.04.